The maximum Gasteiger partial charge on any atom is 0.220 e. The summed E-state index contributed by atoms with van der Waals surface area (Å²) in [6.07, 6.45) is 1.61. The van der Waals surface area contributed by atoms with Crippen LogP contribution in [0.25, 0.3) is 0 Å². The number of thiocarbonyl (C=S) groups is 1. The molecule has 0 unspecified atom stereocenters. The fourth-order valence-corrected chi connectivity index (χ4v) is 2.46. The second kappa shape index (κ2) is 5.33. The summed E-state index contributed by atoms with van der Waals surface area (Å²) in [6.45, 7) is 0.214. The summed E-state index contributed by atoms with van der Waals surface area (Å²) in [7, 11) is -1.96. The predicted molar refractivity (Wildman–Crippen MR) is 66.3 cm³/mol. The van der Waals surface area contributed by atoms with Gasteiger partial charge in [0.05, 0.1) is 17.2 Å². The highest BCUT2D eigenvalue weighted by Gasteiger charge is 2.19. The van der Waals surface area contributed by atoms with Crippen molar-refractivity contribution >= 4 is 27.2 Å². The Morgan fingerprint density at radius 1 is 1.56 bits per heavy atom. The van der Waals surface area contributed by atoms with Crippen LogP contribution in [0.15, 0.2) is 24.4 Å². The minimum Gasteiger partial charge on any atom is -0.392 e. The molecule has 1 heterocycles. The third-order valence-corrected chi connectivity index (χ3v) is 3.99. The molecule has 0 atom stereocenters. The van der Waals surface area contributed by atoms with E-state index in [0.717, 1.165) is 0 Å². The topological polar surface area (TPSA) is 76.3 Å². The Bertz CT molecular complexity index is 459. The standard InChI is InChI=1S/C9H13N3O2S2/c1-12(16(13,14)7-9(10)15)6-8-4-2-3-5-11-8/h2-5H,6-7H2,1H3,(H2,10,15). The molecule has 2 N–H and O–H groups in total. The van der Waals surface area contributed by atoms with E-state index in [1.165, 1.54) is 11.4 Å². The van der Waals surface area contributed by atoms with Crippen LogP contribution in [0.3, 0.4) is 0 Å². The van der Waals surface area contributed by atoms with Crippen molar-refractivity contribution in [1.29, 1.82) is 0 Å². The Kier molecular flexibility index (Phi) is 4.34. The van der Waals surface area contributed by atoms with Crippen molar-refractivity contribution in [3.8, 4) is 0 Å². The molecule has 0 spiro atoms. The molecular weight excluding hydrogens is 246 g/mol. The van der Waals surface area contributed by atoms with Gasteiger partial charge in [0.15, 0.2) is 0 Å². The molecule has 7 heteroatoms. The van der Waals surface area contributed by atoms with E-state index in [9.17, 15) is 8.42 Å². The van der Waals surface area contributed by atoms with Gasteiger partial charge in [0, 0.05) is 13.2 Å². The zero-order valence-electron chi connectivity index (χ0n) is 8.83. The van der Waals surface area contributed by atoms with E-state index in [1.54, 1.807) is 24.4 Å². The first-order valence-corrected chi connectivity index (χ1v) is 6.56. The molecule has 1 aromatic heterocycles. The quantitative estimate of drug-likeness (QED) is 0.761. The number of aromatic nitrogens is 1. The van der Waals surface area contributed by atoms with Crippen LogP contribution < -0.4 is 5.73 Å². The molecule has 0 saturated heterocycles. The second-order valence-corrected chi connectivity index (χ2v) is 5.90. The molecule has 0 aromatic carbocycles. The normalized spacial score (nSPS) is 11.6. The van der Waals surface area contributed by atoms with Gasteiger partial charge < -0.3 is 5.73 Å². The van der Waals surface area contributed by atoms with Gasteiger partial charge >= 0.3 is 0 Å². The van der Waals surface area contributed by atoms with Crippen LogP contribution in [0.5, 0.6) is 0 Å². The molecule has 0 saturated carbocycles. The first-order chi connectivity index (χ1) is 7.42. The maximum atomic E-state index is 11.7. The van der Waals surface area contributed by atoms with Gasteiger partial charge in [0.2, 0.25) is 10.0 Å². The largest absolute Gasteiger partial charge is 0.392 e. The van der Waals surface area contributed by atoms with Gasteiger partial charge in [-0.05, 0) is 12.1 Å². The van der Waals surface area contributed by atoms with E-state index in [4.69, 9.17) is 5.73 Å². The molecule has 88 valence electrons. The number of rotatable bonds is 5. The molecule has 0 aliphatic carbocycles. The van der Waals surface area contributed by atoms with Crippen molar-refractivity contribution in [1.82, 2.24) is 9.29 Å². The first-order valence-electron chi connectivity index (χ1n) is 4.54. The zero-order valence-corrected chi connectivity index (χ0v) is 10.5. The molecule has 0 radical (unpaired) electrons. The SMILES string of the molecule is CN(Cc1ccccn1)S(=O)(=O)CC(N)=S. The van der Waals surface area contributed by atoms with Crippen LogP contribution in [0, 0.1) is 0 Å². The first kappa shape index (κ1) is 13.0. The third-order valence-electron chi connectivity index (χ3n) is 1.91. The van der Waals surface area contributed by atoms with E-state index in [1.807, 2.05) is 0 Å². The van der Waals surface area contributed by atoms with Crippen molar-refractivity contribution in [3.05, 3.63) is 30.1 Å². The van der Waals surface area contributed by atoms with Crippen molar-refractivity contribution in [2.45, 2.75) is 6.54 Å². The van der Waals surface area contributed by atoms with Crippen LogP contribution in [0.2, 0.25) is 0 Å². The van der Waals surface area contributed by atoms with Gasteiger partial charge in [0.1, 0.15) is 5.75 Å². The molecule has 0 fully saturated rings. The summed E-state index contributed by atoms with van der Waals surface area (Å²) in [5.74, 6) is -0.314. The minimum absolute atomic E-state index is 0.0344. The lowest BCUT2D eigenvalue weighted by Crippen LogP contribution is -2.34. The van der Waals surface area contributed by atoms with Crippen LogP contribution in [-0.2, 0) is 16.6 Å². The average Bonchev–Trinajstić information content (AvgIpc) is 2.17. The Labute approximate surface area is 100 Å². The lowest BCUT2D eigenvalue weighted by Gasteiger charge is -2.15. The highest BCUT2D eigenvalue weighted by atomic mass is 32.2. The van der Waals surface area contributed by atoms with E-state index in [0.29, 0.717) is 5.69 Å². The average molecular weight is 259 g/mol. The maximum absolute atomic E-state index is 11.7. The smallest absolute Gasteiger partial charge is 0.220 e. The molecule has 5 nitrogen and oxygen atoms in total. The number of nitrogens with two attached hydrogens (primary N) is 1. The van der Waals surface area contributed by atoms with Crippen LogP contribution in [0.4, 0.5) is 0 Å². The van der Waals surface area contributed by atoms with Gasteiger partial charge in [-0.1, -0.05) is 18.3 Å². The Hall–Kier alpha value is -1.05. The molecular formula is C9H13N3O2S2. The summed E-state index contributed by atoms with van der Waals surface area (Å²) in [4.78, 5) is 4.01. The molecule has 1 aromatic rings. The monoisotopic (exact) mass is 259 g/mol. The molecule has 0 aliphatic heterocycles. The van der Waals surface area contributed by atoms with Gasteiger partial charge in [-0.25, -0.2) is 8.42 Å². The summed E-state index contributed by atoms with van der Waals surface area (Å²) >= 11 is 4.58. The molecule has 1 rings (SSSR count). The fraction of sp³-hybridized carbons (Fsp3) is 0.333. The van der Waals surface area contributed by atoms with Gasteiger partial charge in [-0.2, -0.15) is 4.31 Å². The van der Waals surface area contributed by atoms with Crippen molar-refractivity contribution < 1.29 is 8.42 Å². The molecule has 0 bridgehead atoms. The number of sulfonamides is 1. The number of pyridine rings is 1. The summed E-state index contributed by atoms with van der Waals surface area (Å²) < 4.78 is 24.5. The van der Waals surface area contributed by atoms with Crippen molar-refractivity contribution in [2.24, 2.45) is 5.73 Å². The second-order valence-electron chi connectivity index (χ2n) is 3.30. The van der Waals surface area contributed by atoms with Crippen molar-refractivity contribution in [3.63, 3.8) is 0 Å². The highest BCUT2D eigenvalue weighted by Crippen LogP contribution is 2.04. The van der Waals surface area contributed by atoms with Gasteiger partial charge in [-0.15, -0.1) is 0 Å². The van der Waals surface area contributed by atoms with Gasteiger partial charge in [-0.3, -0.25) is 4.98 Å². The van der Waals surface area contributed by atoms with Gasteiger partial charge in [0.25, 0.3) is 0 Å². The minimum atomic E-state index is -3.43. The number of hydrogen-bond acceptors (Lipinski definition) is 4. The van der Waals surface area contributed by atoms with Crippen molar-refractivity contribution in [2.75, 3.05) is 12.8 Å². The highest BCUT2D eigenvalue weighted by molar-refractivity contribution is 7.92. The number of hydrogen-bond donors (Lipinski definition) is 1. The lowest BCUT2D eigenvalue weighted by atomic mass is 10.3. The Morgan fingerprint density at radius 2 is 2.25 bits per heavy atom. The van der Waals surface area contributed by atoms with Crippen LogP contribution in [0.1, 0.15) is 5.69 Å². The van der Waals surface area contributed by atoms with E-state index < -0.39 is 10.0 Å². The van der Waals surface area contributed by atoms with Crippen LogP contribution >= 0.6 is 12.2 Å². The third kappa shape index (κ3) is 3.84. The summed E-state index contributed by atoms with van der Waals surface area (Å²) in [5, 5.41) is 0. The van der Waals surface area contributed by atoms with Crippen LogP contribution in [-0.4, -0.2) is 35.5 Å². The van der Waals surface area contributed by atoms with E-state index in [2.05, 4.69) is 17.2 Å². The molecule has 0 aliphatic rings. The Balaban J connectivity index is 2.72. The Morgan fingerprint density at radius 3 is 2.75 bits per heavy atom. The van der Waals surface area contributed by atoms with E-state index in [-0.39, 0.29) is 17.3 Å². The predicted octanol–water partition coefficient (Wildman–Crippen LogP) is 0.129. The molecule has 0 amide bonds. The lowest BCUT2D eigenvalue weighted by molar-refractivity contribution is 0.465. The summed E-state index contributed by atoms with van der Waals surface area (Å²) in [6, 6.07) is 5.33. The fourth-order valence-electron chi connectivity index (χ4n) is 1.11. The number of nitrogens with zero attached hydrogens (tertiary/aromatic N) is 2. The zero-order chi connectivity index (χ0) is 12.2. The summed E-state index contributed by atoms with van der Waals surface area (Å²) in [5.41, 5.74) is 5.90. The van der Waals surface area contributed by atoms with E-state index >= 15 is 0 Å². The molecule has 16 heavy (non-hydrogen) atoms.